The van der Waals surface area contributed by atoms with Gasteiger partial charge in [0.1, 0.15) is 6.04 Å². The largest absolute Gasteiger partial charge is 0.374 e. The van der Waals surface area contributed by atoms with Crippen molar-refractivity contribution < 1.29 is 0 Å². The van der Waals surface area contributed by atoms with Crippen LogP contribution in [-0.2, 0) is 6.42 Å². The van der Waals surface area contributed by atoms with Crippen molar-refractivity contribution in [3.63, 3.8) is 0 Å². The van der Waals surface area contributed by atoms with Gasteiger partial charge in [-0.1, -0.05) is 17.2 Å². The van der Waals surface area contributed by atoms with Crippen LogP contribution in [0.3, 0.4) is 0 Å². The highest BCUT2D eigenvalue weighted by molar-refractivity contribution is 5.56. The smallest absolute Gasteiger partial charge is 0.121 e. The number of fused-ring (bicyclic) bond motifs is 1. The van der Waals surface area contributed by atoms with E-state index in [0.717, 1.165) is 31.4 Å². The van der Waals surface area contributed by atoms with Gasteiger partial charge >= 0.3 is 0 Å². The summed E-state index contributed by atoms with van der Waals surface area (Å²) in [4.78, 5) is 4.97. The highest BCUT2D eigenvalue weighted by Crippen LogP contribution is 2.28. The molecule has 0 amide bonds. The average Bonchev–Trinajstić information content (AvgIpc) is 2.51. The van der Waals surface area contributed by atoms with Gasteiger partial charge in [0, 0.05) is 30.7 Å². The summed E-state index contributed by atoms with van der Waals surface area (Å²) in [5, 5.41) is 16.0. The average molecular weight is 284 g/mol. The highest BCUT2D eigenvalue weighted by Gasteiger charge is 2.16. The number of aryl methyl sites for hydroxylation is 1. The number of nitrogens with one attached hydrogen (secondary N) is 1. The summed E-state index contributed by atoms with van der Waals surface area (Å²) in [5.74, 6) is 0. The molecule has 6 heteroatoms. The lowest BCUT2D eigenvalue weighted by Crippen LogP contribution is -2.26. The van der Waals surface area contributed by atoms with Gasteiger partial charge in [-0.25, -0.2) is 0 Å². The normalized spacial score (nSPS) is 14.8. The summed E-state index contributed by atoms with van der Waals surface area (Å²) in [6.45, 7) is 2.20. The molecule has 6 nitrogen and oxygen atoms in total. The molecule has 0 saturated carbocycles. The molecule has 110 valence electrons. The predicted octanol–water partition coefficient (Wildman–Crippen LogP) is 2.92. The van der Waals surface area contributed by atoms with Crippen molar-refractivity contribution >= 4 is 5.69 Å². The van der Waals surface area contributed by atoms with Crippen LogP contribution in [0.2, 0.25) is 0 Å². The van der Waals surface area contributed by atoms with Crippen LogP contribution in [0, 0.1) is 11.3 Å². The van der Waals surface area contributed by atoms with E-state index in [0.29, 0.717) is 13.1 Å². The SMILES string of the molecule is CN1CCCc2cc(C(C#N)NCCCN=[N+]=[N-])ccc21. The molecule has 1 atom stereocenters. The second-order valence-corrected chi connectivity index (χ2v) is 5.24. The maximum absolute atomic E-state index is 9.33. The second kappa shape index (κ2) is 7.53. The number of benzene rings is 1. The van der Waals surface area contributed by atoms with Crippen molar-refractivity contribution in [3.8, 4) is 6.07 Å². The highest BCUT2D eigenvalue weighted by atomic mass is 15.1. The van der Waals surface area contributed by atoms with Crippen molar-refractivity contribution in [1.82, 2.24) is 5.32 Å². The molecule has 1 unspecified atom stereocenters. The zero-order valence-corrected chi connectivity index (χ0v) is 12.3. The maximum atomic E-state index is 9.33. The van der Waals surface area contributed by atoms with E-state index in [1.807, 2.05) is 6.07 Å². The van der Waals surface area contributed by atoms with E-state index in [2.05, 4.69) is 45.5 Å². The summed E-state index contributed by atoms with van der Waals surface area (Å²) >= 11 is 0. The molecule has 0 aliphatic carbocycles. The lowest BCUT2D eigenvalue weighted by atomic mass is 9.97. The zero-order valence-electron chi connectivity index (χ0n) is 12.3. The maximum Gasteiger partial charge on any atom is 0.121 e. The van der Waals surface area contributed by atoms with Crippen molar-refractivity contribution in [2.24, 2.45) is 5.11 Å². The van der Waals surface area contributed by atoms with E-state index in [1.165, 1.54) is 11.3 Å². The fourth-order valence-electron chi connectivity index (χ4n) is 2.66. The van der Waals surface area contributed by atoms with Gasteiger partial charge in [0.25, 0.3) is 0 Å². The minimum Gasteiger partial charge on any atom is -0.374 e. The molecule has 0 spiro atoms. The number of azide groups is 1. The molecule has 2 rings (SSSR count). The molecule has 21 heavy (non-hydrogen) atoms. The zero-order chi connectivity index (χ0) is 15.1. The molecule has 1 aromatic carbocycles. The molecular formula is C15H20N6. The first-order valence-electron chi connectivity index (χ1n) is 7.24. The van der Waals surface area contributed by atoms with Gasteiger partial charge < -0.3 is 4.90 Å². The number of nitriles is 1. The molecular weight excluding hydrogens is 264 g/mol. The Morgan fingerprint density at radius 1 is 1.57 bits per heavy atom. The lowest BCUT2D eigenvalue weighted by molar-refractivity contribution is 0.606. The van der Waals surface area contributed by atoms with E-state index in [9.17, 15) is 5.26 Å². The van der Waals surface area contributed by atoms with Gasteiger partial charge in [0.05, 0.1) is 6.07 Å². The molecule has 0 fully saturated rings. The summed E-state index contributed by atoms with van der Waals surface area (Å²) < 4.78 is 0. The number of hydrogen-bond acceptors (Lipinski definition) is 4. The van der Waals surface area contributed by atoms with Crippen molar-refractivity contribution in [1.29, 1.82) is 5.26 Å². The van der Waals surface area contributed by atoms with Crippen LogP contribution >= 0.6 is 0 Å². The number of nitrogens with zero attached hydrogens (tertiary/aromatic N) is 5. The van der Waals surface area contributed by atoms with Crippen molar-refractivity contribution in [2.75, 3.05) is 31.6 Å². The van der Waals surface area contributed by atoms with Gasteiger partial charge in [-0.15, -0.1) is 0 Å². The first-order valence-corrected chi connectivity index (χ1v) is 7.24. The molecule has 1 aliphatic heterocycles. The molecule has 1 aliphatic rings. The minimum absolute atomic E-state index is 0.311. The minimum atomic E-state index is -0.311. The quantitative estimate of drug-likeness (QED) is 0.377. The second-order valence-electron chi connectivity index (χ2n) is 5.24. The van der Waals surface area contributed by atoms with Gasteiger partial charge in [-0.05, 0) is 48.5 Å². The predicted molar refractivity (Wildman–Crippen MR) is 83.0 cm³/mol. The Balaban J connectivity index is 2.02. The van der Waals surface area contributed by atoms with Crippen LogP contribution in [0.25, 0.3) is 10.4 Å². The Morgan fingerprint density at radius 3 is 3.19 bits per heavy atom. The monoisotopic (exact) mass is 284 g/mol. The van der Waals surface area contributed by atoms with E-state index < -0.39 is 0 Å². The summed E-state index contributed by atoms with van der Waals surface area (Å²) in [6, 6.07) is 8.26. The summed E-state index contributed by atoms with van der Waals surface area (Å²) in [5.41, 5.74) is 11.8. The summed E-state index contributed by atoms with van der Waals surface area (Å²) in [7, 11) is 2.10. The number of rotatable bonds is 6. The van der Waals surface area contributed by atoms with E-state index in [-0.39, 0.29) is 6.04 Å². The first kappa shape index (κ1) is 15.2. The van der Waals surface area contributed by atoms with E-state index >= 15 is 0 Å². The Labute approximate surface area is 125 Å². The topological polar surface area (TPSA) is 87.8 Å². The van der Waals surface area contributed by atoms with Crippen LogP contribution in [-0.4, -0.2) is 26.7 Å². The number of hydrogen-bond donors (Lipinski definition) is 1. The third-order valence-corrected chi connectivity index (χ3v) is 3.76. The van der Waals surface area contributed by atoms with Crippen LogP contribution in [0.15, 0.2) is 23.3 Å². The van der Waals surface area contributed by atoms with Crippen molar-refractivity contribution in [3.05, 3.63) is 39.8 Å². The van der Waals surface area contributed by atoms with Crippen LogP contribution < -0.4 is 10.2 Å². The van der Waals surface area contributed by atoms with Gasteiger partial charge in [-0.2, -0.15) is 5.26 Å². The standard InChI is InChI=1S/C15H20N6/c1-21-9-2-4-13-10-12(5-6-15(13)21)14(11-16)18-7-3-8-19-20-17/h5-6,10,14,18H,2-4,7-9H2,1H3. The molecule has 1 aromatic rings. The molecule has 1 heterocycles. The third-order valence-electron chi connectivity index (χ3n) is 3.76. The molecule has 0 aromatic heterocycles. The van der Waals surface area contributed by atoms with Gasteiger partial charge in [0.2, 0.25) is 0 Å². The van der Waals surface area contributed by atoms with Crippen LogP contribution in [0.5, 0.6) is 0 Å². The Hall–Kier alpha value is -2.22. The van der Waals surface area contributed by atoms with E-state index in [1.54, 1.807) is 0 Å². The van der Waals surface area contributed by atoms with Gasteiger partial charge in [0.15, 0.2) is 0 Å². The van der Waals surface area contributed by atoms with Crippen LogP contribution in [0.4, 0.5) is 5.69 Å². The third kappa shape index (κ3) is 3.88. The van der Waals surface area contributed by atoms with E-state index in [4.69, 9.17) is 5.53 Å². The Kier molecular flexibility index (Phi) is 5.44. The van der Waals surface area contributed by atoms with Crippen molar-refractivity contribution in [2.45, 2.75) is 25.3 Å². The van der Waals surface area contributed by atoms with Crippen LogP contribution in [0.1, 0.15) is 30.0 Å². The Bertz CT molecular complexity index is 570. The molecule has 1 N–H and O–H groups in total. The number of anilines is 1. The van der Waals surface area contributed by atoms with Gasteiger partial charge in [-0.3, -0.25) is 5.32 Å². The fourth-order valence-corrected chi connectivity index (χ4v) is 2.66. The molecule has 0 bridgehead atoms. The lowest BCUT2D eigenvalue weighted by Gasteiger charge is -2.28. The Morgan fingerprint density at radius 2 is 2.43 bits per heavy atom. The summed E-state index contributed by atoms with van der Waals surface area (Å²) in [6.07, 6.45) is 2.96. The first-order chi connectivity index (χ1) is 10.3. The molecule has 0 radical (unpaired) electrons. The fraction of sp³-hybridized carbons (Fsp3) is 0.533. The molecule has 0 saturated heterocycles.